The number of aryl methyl sites for hydroxylation is 1. The number of rotatable bonds is 12. The van der Waals surface area contributed by atoms with Gasteiger partial charge >= 0.3 is 0 Å². The van der Waals surface area contributed by atoms with Gasteiger partial charge in [0.1, 0.15) is 24.1 Å². The zero-order chi connectivity index (χ0) is 31.1. The molecule has 2 amide bonds. The van der Waals surface area contributed by atoms with Gasteiger partial charge in [-0.25, -0.2) is 8.42 Å². The molecular weight excluding hydrogens is 554 g/mol. The second-order valence-electron chi connectivity index (χ2n) is 11.3. The molecule has 0 aliphatic heterocycles. The van der Waals surface area contributed by atoms with E-state index in [-0.39, 0.29) is 30.3 Å². The molecule has 1 unspecified atom stereocenters. The fourth-order valence-corrected chi connectivity index (χ4v) is 5.45. The molecule has 1 N–H and O–H groups in total. The zero-order valence-electron chi connectivity index (χ0n) is 25.4. The highest BCUT2D eigenvalue weighted by Gasteiger charge is 2.35. The number of hydrogen-bond donors (Lipinski definition) is 1. The second-order valence-corrected chi connectivity index (χ2v) is 13.2. The van der Waals surface area contributed by atoms with E-state index in [0.29, 0.717) is 5.75 Å². The molecule has 9 nitrogen and oxygen atoms in total. The Hall–Kier alpha value is -4.05. The maximum Gasteiger partial charge on any atom is 0.244 e. The van der Waals surface area contributed by atoms with Crippen molar-refractivity contribution >= 4 is 27.5 Å². The SMILES string of the molecule is COc1ccc(OC)c(N(CC(=O)N(Cc2cccc(C)c2)C(Cc2ccccc2)C(=O)NC(C)(C)C)S(C)(=O)=O)c1. The first-order chi connectivity index (χ1) is 19.7. The fraction of sp³-hybridized carbons (Fsp3) is 0.375. The first-order valence-electron chi connectivity index (χ1n) is 13.6. The van der Waals surface area contributed by atoms with Gasteiger partial charge in [-0.2, -0.15) is 0 Å². The Balaban J connectivity index is 2.13. The lowest BCUT2D eigenvalue weighted by atomic mass is 10.0. The lowest BCUT2D eigenvalue weighted by molar-refractivity contribution is -0.140. The van der Waals surface area contributed by atoms with Gasteiger partial charge in [0.05, 0.1) is 26.2 Å². The quantitative estimate of drug-likeness (QED) is 0.334. The van der Waals surface area contributed by atoms with Crippen molar-refractivity contribution in [2.24, 2.45) is 0 Å². The average molecular weight is 596 g/mol. The van der Waals surface area contributed by atoms with Crippen LogP contribution >= 0.6 is 0 Å². The molecule has 3 rings (SSSR count). The highest BCUT2D eigenvalue weighted by molar-refractivity contribution is 7.92. The first kappa shape index (κ1) is 32.5. The van der Waals surface area contributed by atoms with E-state index in [1.165, 1.54) is 25.2 Å². The summed E-state index contributed by atoms with van der Waals surface area (Å²) in [5, 5.41) is 3.02. The maximum atomic E-state index is 14.3. The second kappa shape index (κ2) is 13.7. The molecule has 0 heterocycles. The number of methoxy groups -OCH3 is 2. The van der Waals surface area contributed by atoms with Crippen molar-refractivity contribution in [2.45, 2.75) is 52.2 Å². The van der Waals surface area contributed by atoms with Gasteiger partial charge in [-0.05, 0) is 51.0 Å². The van der Waals surface area contributed by atoms with Crippen molar-refractivity contribution < 1.29 is 27.5 Å². The Morgan fingerprint density at radius 3 is 2.14 bits per heavy atom. The summed E-state index contributed by atoms with van der Waals surface area (Å²) in [4.78, 5) is 29.6. The minimum Gasteiger partial charge on any atom is -0.497 e. The molecule has 10 heteroatoms. The highest BCUT2D eigenvalue weighted by atomic mass is 32.2. The number of anilines is 1. The van der Waals surface area contributed by atoms with Gasteiger partial charge in [-0.1, -0.05) is 60.2 Å². The van der Waals surface area contributed by atoms with Crippen LogP contribution in [0.5, 0.6) is 11.5 Å². The molecule has 1 atom stereocenters. The van der Waals surface area contributed by atoms with Gasteiger partial charge in [-0.3, -0.25) is 13.9 Å². The van der Waals surface area contributed by atoms with Crippen molar-refractivity contribution in [3.8, 4) is 11.5 Å². The largest absolute Gasteiger partial charge is 0.497 e. The molecule has 0 aliphatic rings. The number of benzene rings is 3. The highest BCUT2D eigenvalue weighted by Crippen LogP contribution is 2.34. The summed E-state index contributed by atoms with van der Waals surface area (Å²) in [6, 6.07) is 20.9. The molecule has 0 aromatic heterocycles. The van der Waals surface area contributed by atoms with E-state index in [1.807, 2.05) is 82.3 Å². The Bertz CT molecular complexity index is 1490. The molecule has 3 aromatic rings. The van der Waals surface area contributed by atoms with E-state index in [4.69, 9.17) is 9.47 Å². The number of ether oxygens (including phenoxy) is 2. The van der Waals surface area contributed by atoms with Crippen LogP contribution in [0.3, 0.4) is 0 Å². The molecule has 0 radical (unpaired) electrons. The molecule has 226 valence electrons. The number of nitrogens with one attached hydrogen (secondary N) is 1. The summed E-state index contributed by atoms with van der Waals surface area (Å²) >= 11 is 0. The van der Waals surface area contributed by atoms with Crippen LogP contribution < -0.4 is 19.1 Å². The first-order valence-corrected chi connectivity index (χ1v) is 15.5. The van der Waals surface area contributed by atoms with Crippen LogP contribution in [0.15, 0.2) is 72.8 Å². The zero-order valence-corrected chi connectivity index (χ0v) is 26.2. The van der Waals surface area contributed by atoms with Crippen molar-refractivity contribution in [2.75, 3.05) is 31.3 Å². The van der Waals surface area contributed by atoms with Crippen molar-refractivity contribution in [1.29, 1.82) is 0 Å². The Labute approximate surface area is 249 Å². The Morgan fingerprint density at radius 1 is 0.905 bits per heavy atom. The van der Waals surface area contributed by atoms with E-state index in [1.54, 1.807) is 12.1 Å². The number of nitrogens with zero attached hydrogens (tertiary/aromatic N) is 2. The van der Waals surface area contributed by atoms with Gasteiger partial charge < -0.3 is 19.7 Å². The van der Waals surface area contributed by atoms with Crippen LogP contribution in [0.4, 0.5) is 5.69 Å². The van der Waals surface area contributed by atoms with Crippen LogP contribution in [0, 0.1) is 6.92 Å². The number of sulfonamides is 1. The van der Waals surface area contributed by atoms with Gasteiger partial charge in [0.2, 0.25) is 21.8 Å². The minimum atomic E-state index is -3.97. The van der Waals surface area contributed by atoms with E-state index in [2.05, 4.69) is 5.32 Å². The Morgan fingerprint density at radius 2 is 1.57 bits per heavy atom. The summed E-state index contributed by atoms with van der Waals surface area (Å²) in [6.07, 6.45) is 1.26. The molecule has 0 fully saturated rings. The van der Waals surface area contributed by atoms with Gasteiger partial charge in [0.25, 0.3) is 0 Å². The van der Waals surface area contributed by atoms with Crippen molar-refractivity contribution in [3.05, 3.63) is 89.5 Å². The van der Waals surface area contributed by atoms with Gasteiger partial charge in [-0.15, -0.1) is 0 Å². The van der Waals surface area contributed by atoms with Crippen LogP contribution in [0.25, 0.3) is 0 Å². The van der Waals surface area contributed by atoms with Crippen LogP contribution in [-0.4, -0.2) is 63.7 Å². The predicted molar refractivity (Wildman–Crippen MR) is 165 cm³/mol. The summed E-state index contributed by atoms with van der Waals surface area (Å²) in [6.45, 7) is 7.11. The molecule has 0 saturated carbocycles. The smallest absolute Gasteiger partial charge is 0.244 e. The number of hydrogen-bond acceptors (Lipinski definition) is 6. The van der Waals surface area contributed by atoms with Gasteiger partial charge in [0.15, 0.2) is 0 Å². The minimum absolute atomic E-state index is 0.0996. The third kappa shape index (κ3) is 8.97. The number of amides is 2. The molecule has 0 bridgehead atoms. The van der Waals surface area contributed by atoms with E-state index in [9.17, 15) is 18.0 Å². The maximum absolute atomic E-state index is 14.3. The van der Waals surface area contributed by atoms with Gasteiger partial charge in [0, 0.05) is 24.6 Å². The molecule has 0 spiro atoms. The average Bonchev–Trinajstić information content (AvgIpc) is 2.92. The predicted octanol–water partition coefficient (Wildman–Crippen LogP) is 4.33. The van der Waals surface area contributed by atoms with Crippen LogP contribution in [-0.2, 0) is 32.6 Å². The third-order valence-electron chi connectivity index (χ3n) is 6.54. The van der Waals surface area contributed by atoms with Crippen LogP contribution in [0.1, 0.15) is 37.5 Å². The third-order valence-corrected chi connectivity index (χ3v) is 7.67. The molecule has 42 heavy (non-hydrogen) atoms. The normalized spacial score (nSPS) is 12.3. The number of carbonyl (C=O) groups is 2. The molecule has 0 saturated heterocycles. The molecular formula is C32H41N3O6S. The summed E-state index contributed by atoms with van der Waals surface area (Å²) in [5.74, 6) is -0.227. The van der Waals surface area contributed by atoms with Crippen molar-refractivity contribution in [3.63, 3.8) is 0 Å². The summed E-state index contributed by atoms with van der Waals surface area (Å²) in [5.41, 5.74) is 2.27. The molecule has 3 aromatic carbocycles. The van der Waals surface area contributed by atoms with E-state index in [0.717, 1.165) is 27.3 Å². The van der Waals surface area contributed by atoms with Crippen LogP contribution in [0.2, 0.25) is 0 Å². The van der Waals surface area contributed by atoms with E-state index < -0.39 is 34.1 Å². The number of carbonyl (C=O) groups excluding carboxylic acids is 2. The lowest BCUT2D eigenvalue weighted by Gasteiger charge is -2.35. The van der Waals surface area contributed by atoms with Crippen molar-refractivity contribution in [1.82, 2.24) is 10.2 Å². The molecule has 0 aliphatic carbocycles. The standard InChI is InChI=1S/C32H41N3O6S/c1-23-12-11-15-25(18-23)21-34(28(31(37)33-32(2,3)4)19-24-13-9-8-10-14-24)30(36)22-35(42(7,38)39)27-20-26(40-5)16-17-29(27)41-6/h8-18,20,28H,19,21-22H2,1-7H3,(H,33,37). The topological polar surface area (TPSA) is 105 Å². The summed E-state index contributed by atoms with van der Waals surface area (Å²) in [7, 11) is -1.08. The monoisotopic (exact) mass is 595 g/mol. The Kier molecular flexibility index (Phi) is 10.6. The van der Waals surface area contributed by atoms with E-state index >= 15 is 0 Å². The summed E-state index contributed by atoms with van der Waals surface area (Å²) < 4.78 is 38.0. The lowest BCUT2D eigenvalue weighted by Crippen LogP contribution is -2.56. The fourth-order valence-electron chi connectivity index (χ4n) is 4.60.